The van der Waals surface area contributed by atoms with Gasteiger partial charge in [0.25, 0.3) is 0 Å². The van der Waals surface area contributed by atoms with E-state index in [2.05, 4.69) is 16.3 Å². The zero-order chi connectivity index (χ0) is 5.82. The van der Waals surface area contributed by atoms with Crippen LogP contribution in [0.25, 0.3) is 0 Å². The van der Waals surface area contributed by atoms with E-state index < -0.39 is 0 Å². The smallest absolute Gasteiger partial charge is 0.0668 e. The zero-order valence-electron chi connectivity index (χ0n) is 4.42. The predicted octanol–water partition coefficient (Wildman–Crippen LogP) is 1.67. The van der Waals surface area contributed by atoms with E-state index in [0.717, 1.165) is 12.1 Å². The lowest BCUT2D eigenvalue weighted by atomic mass is 10.3. The average molecular weight is 124 g/mol. The molecule has 1 nitrogen and oxygen atoms in total. The summed E-state index contributed by atoms with van der Waals surface area (Å²) in [6.07, 6.45) is 2.70. The van der Waals surface area contributed by atoms with Gasteiger partial charge in [-0.2, -0.15) is 4.37 Å². The summed E-state index contributed by atoms with van der Waals surface area (Å²) >= 11 is 1.36. The summed E-state index contributed by atoms with van der Waals surface area (Å²) in [4.78, 5) is 0. The molecule has 2 heteroatoms. The lowest BCUT2D eigenvalue weighted by Gasteiger charge is -1.79. The van der Waals surface area contributed by atoms with Gasteiger partial charge < -0.3 is 0 Å². The Kier molecular flexibility index (Phi) is 1.80. The molecule has 1 radical (unpaired) electrons. The van der Waals surface area contributed by atoms with Gasteiger partial charge in [0.1, 0.15) is 0 Å². The van der Waals surface area contributed by atoms with E-state index in [0.29, 0.717) is 0 Å². The topological polar surface area (TPSA) is 12.9 Å². The quantitative estimate of drug-likeness (QED) is 0.546. The minimum Gasteiger partial charge on any atom is -0.197 e. The molecule has 0 aliphatic rings. The highest BCUT2D eigenvalue weighted by molar-refractivity contribution is 7.03. The van der Waals surface area contributed by atoms with Crippen LogP contribution in [0.1, 0.15) is 5.69 Å². The highest BCUT2D eigenvalue weighted by Gasteiger charge is 1.87. The number of hydrogen-bond acceptors (Lipinski definition) is 2. The summed E-state index contributed by atoms with van der Waals surface area (Å²) < 4.78 is 4.02. The molecule has 0 aliphatic heterocycles. The van der Waals surface area contributed by atoms with E-state index in [-0.39, 0.29) is 0 Å². The molecule has 0 saturated carbocycles. The maximum atomic E-state index is 4.02. The molecular weight excluding hydrogens is 118 g/mol. The Bertz CT molecular complexity index is 155. The molecule has 1 aromatic heterocycles. The molecule has 0 aliphatic carbocycles. The Morgan fingerprint density at radius 2 is 2.88 bits per heavy atom. The van der Waals surface area contributed by atoms with E-state index in [1.807, 2.05) is 12.1 Å². The van der Waals surface area contributed by atoms with Crippen molar-refractivity contribution in [3.05, 3.63) is 29.8 Å². The first kappa shape index (κ1) is 5.51. The van der Waals surface area contributed by atoms with Crippen LogP contribution in [0.15, 0.2) is 18.7 Å². The fourth-order valence-corrected chi connectivity index (χ4v) is 0.936. The molecule has 0 atom stereocenters. The van der Waals surface area contributed by atoms with Crippen LogP contribution in [0, 0.1) is 5.38 Å². The van der Waals surface area contributed by atoms with Crippen LogP contribution in [-0.2, 0) is 6.42 Å². The number of rotatable bonds is 2. The molecule has 0 bridgehead atoms. The van der Waals surface area contributed by atoms with Gasteiger partial charge in [0.05, 0.1) is 11.1 Å². The van der Waals surface area contributed by atoms with E-state index in [1.165, 1.54) is 11.5 Å². The Hall–Kier alpha value is -0.630. The fourth-order valence-electron chi connectivity index (χ4n) is 0.450. The Morgan fingerprint density at radius 1 is 2.00 bits per heavy atom. The molecule has 0 saturated heterocycles. The van der Waals surface area contributed by atoms with Crippen LogP contribution in [0.5, 0.6) is 0 Å². The minimum absolute atomic E-state index is 0.861. The minimum atomic E-state index is 0.861. The summed E-state index contributed by atoms with van der Waals surface area (Å²) in [6, 6.07) is 1.88. The van der Waals surface area contributed by atoms with Gasteiger partial charge in [-0.25, -0.2) is 0 Å². The number of nitrogens with zero attached hydrogens (tertiary/aromatic N) is 1. The van der Waals surface area contributed by atoms with E-state index >= 15 is 0 Å². The lowest BCUT2D eigenvalue weighted by Crippen LogP contribution is -1.74. The Labute approximate surface area is 52.8 Å². The first-order valence-electron chi connectivity index (χ1n) is 2.36. The van der Waals surface area contributed by atoms with Gasteiger partial charge in [0.15, 0.2) is 0 Å². The molecule has 0 aromatic carbocycles. The van der Waals surface area contributed by atoms with Crippen LogP contribution in [0.3, 0.4) is 0 Å². The summed E-state index contributed by atoms with van der Waals surface area (Å²) in [5, 5.41) is 2.90. The monoisotopic (exact) mass is 124 g/mol. The lowest BCUT2D eigenvalue weighted by molar-refractivity contribution is 1.20. The van der Waals surface area contributed by atoms with E-state index in [1.54, 1.807) is 0 Å². The largest absolute Gasteiger partial charge is 0.197 e. The van der Waals surface area contributed by atoms with Crippen molar-refractivity contribution in [2.24, 2.45) is 0 Å². The van der Waals surface area contributed by atoms with Crippen LogP contribution in [-0.4, -0.2) is 4.37 Å². The van der Waals surface area contributed by atoms with Crippen molar-refractivity contribution in [1.29, 1.82) is 0 Å². The molecule has 0 amide bonds. The van der Waals surface area contributed by atoms with Crippen LogP contribution < -0.4 is 0 Å². The van der Waals surface area contributed by atoms with Crippen molar-refractivity contribution in [1.82, 2.24) is 4.37 Å². The zero-order valence-corrected chi connectivity index (χ0v) is 5.24. The van der Waals surface area contributed by atoms with Crippen LogP contribution in [0.4, 0.5) is 0 Å². The summed E-state index contributed by atoms with van der Waals surface area (Å²) in [7, 11) is 0. The van der Waals surface area contributed by atoms with Gasteiger partial charge in [-0.05, 0) is 17.6 Å². The summed E-state index contributed by atoms with van der Waals surface area (Å²) in [6.45, 7) is 3.59. The van der Waals surface area contributed by atoms with Crippen molar-refractivity contribution in [2.75, 3.05) is 0 Å². The van der Waals surface area contributed by atoms with Crippen molar-refractivity contribution in [3.8, 4) is 0 Å². The Morgan fingerprint density at radius 3 is 3.38 bits per heavy atom. The molecule has 0 N–H and O–H groups in total. The van der Waals surface area contributed by atoms with Crippen LogP contribution >= 0.6 is 11.5 Å². The molecule has 1 aromatic rings. The van der Waals surface area contributed by atoms with Gasteiger partial charge in [-0.3, -0.25) is 0 Å². The maximum Gasteiger partial charge on any atom is 0.0668 e. The molecule has 1 heterocycles. The average Bonchev–Trinajstić information content (AvgIpc) is 2.19. The third-order valence-corrected chi connectivity index (χ3v) is 1.34. The maximum absolute atomic E-state index is 4.02. The SMILES string of the molecule is C=CCc1c[c]sn1. The van der Waals surface area contributed by atoms with Crippen molar-refractivity contribution < 1.29 is 0 Å². The standard InChI is InChI=1S/C6H6NS/c1-2-3-6-4-5-8-7-6/h2,4H,1,3H2. The summed E-state index contributed by atoms with van der Waals surface area (Å²) in [5.41, 5.74) is 1.06. The van der Waals surface area contributed by atoms with Gasteiger partial charge in [-0.15, -0.1) is 6.58 Å². The number of allylic oxidation sites excluding steroid dienone is 1. The van der Waals surface area contributed by atoms with E-state index in [9.17, 15) is 0 Å². The molecule has 1 rings (SSSR count). The first-order chi connectivity index (χ1) is 3.93. The van der Waals surface area contributed by atoms with Crippen molar-refractivity contribution in [2.45, 2.75) is 6.42 Å². The first-order valence-corrected chi connectivity index (χ1v) is 3.13. The fraction of sp³-hybridized carbons (Fsp3) is 0.167. The molecular formula is C6H6NS. The second-order valence-corrected chi connectivity index (χ2v) is 2.03. The second-order valence-electron chi connectivity index (χ2n) is 1.43. The van der Waals surface area contributed by atoms with Gasteiger partial charge in [0.2, 0.25) is 0 Å². The number of aromatic nitrogens is 1. The number of hydrogen-bond donors (Lipinski definition) is 0. The highest BCUT2D eigenvalue weighted by Crippen LogP contribution is 1.98. The molecule has 41 valence electrons. The van der Waals surface area contributed by atoms with Crippen molar-refractivity contribution in [3.63, 3.8) is 0 Å². The second kappa shape index (κ2) is 2.62. The molecule has 0 fully saturated rings. The molecule has 0 spiro atoms. The van der Waals surface area contributed by atoms with Gasteiger partial charge in [0, 0.05) is 6.42 Å². The molecule has 8 heavy (non-hydrogen) atoms. The Balaban J connectivity index is 2.62. The van der Waals surface area contributed by atoms with Gasteiger partial charge >= 0.3 is 0 Å². The molecule has 0 unspecified atom stereocenters. The summed E-state index contributed by atoms with van der Waals surface area (Å²) in [5.74, 6) is 0. The third kappa shape index (κ3) is 1.17. The van der Waals surface area contributed by atoms with E-state index in [4.69, 9.17) is 0 Å². The third-order valence-electron chi connectivity index (χ3n) is 0.795. The van der Waals surface area contributed by atoms with Crippen molar-refractivity contribution >= 4 is 11.5 Å². The predicted molar refractivity (Wildman–Crippen MR) is 34.9 cm³/mol. The van der Waals surface area contributed by atoms with Crippen LogP contribution in [0.2, 0.25) is 0 Å². The van der Waals surface area contributed by atoms with Gasteiger partial charge in [-0.1, -0.05) is 6.08 Å². The normalized spacial score (nSPS) is 9.00. The highest BCUT2D eigenvalue weighted by atomic mass is 32.1.